The van der Waals surface area contributed by atoms with E-state index >= 15 is 0 Å². The summed E-state index contributed by atoms with van der Waals surface area (Å²) in [4.78, 5) is 23.0. The fourth-order valence-electron chi connectivity index (χ4n) is 1.87. The molecule has 4 heteroatoms. The number of aryl methyl sites for hydroxylation is 1. The molecule has 0 spiro atoms. The Balaban J connectivity index is 2.49. The number of aromatic amines is 1. The molecular formula is C14H17N3O. The highest BCUT2D eigenvalue weighted by molar-refractivity contribution is 5.57. The molecule has 1 N–H and O–H groups in total. The minimum absolute atomic E-state index is 0.112. The number of aromatic nitrogens is 3. The number of H-pyrrole nitrogens is 1. The van der Waals surface area contributed by atoms with Crippen molar-refractivity contribution in [3.05, 3.63) is 46.1 Å². The lowest BCUT2D eigenvalue weighted by molar-refractivity contribution is 0.634. The maximum absolute atomic E-state index is 11.7. The molecule has 0 saturated heterocycles. The Morgan fingerprint density at radius 2 is 2.17 bits per heavy atom. The van der Waals surface area contributed by atoms with Crippen LogP contribution in [-0.4, -0.2) is 15.0 Å². The van der Waals surface area contributed by atoms with Gasteiger partial charge in [-0.15, -0.1) is 0 Å². The van der Waals surface area contributed by atoms with Crippen LogP contribution in [0.25, 0.3) is 11.4 Å². The monoisotopic (exact) mass is 243 g/mol. The summed E-state index contributed by atoms with van der Waals surface area (Å²) in [6, 6.07) is 3.47. The fraction of sp³-hybridized carbons (Fsp3) is 0.357. The standard InChI is InChI=1S/C14H17N3O/c1-9(2)6-11-7-13(18)17-14(16-11)12-8-15-5-4-10(12)3/h4-5,7-9H,6H2,1-3H3,(H,16,17,18). The predicted molar refractivity (Wildman–Crippen MR) is 71.4 cm³/mol. The van der Waals surface area contributed by atoms with Gasteiger partial charge in [-0.1, -0.05) is 13.8 Å². The summed E-state index contributed by atoms with van der Waals surface area (Å²) in [7, 11) is 0. The summed E-state index contributed by atoms with van der Waals surface area (Å²) in [6.07, 6.45) is 4.26. The predicted octanol–water partition coefficient (Wildman–Crippen LogP) is 2.34. The highest BCUT2D eigenvalue weighted by atomic mass is 16.1. The Hall–Kier alpha value is -1.97. The van der Waals surface area contributed by atoms with Gasteiger partial charge in [0.05, 0.1) is 0 Å². The van der Waals surface area contributed by atoms with Crippen LogP contribution in [-0.2, 0) is 6.42 Å². The number of rotatable bonds is 3. The molecule has 0 bridgehead atoms. The first-order chi connectivity index (χ1) is 8.56. The van der Waals surface area contributed by atoms with Crippen LogP contribution in [0.4, 0.5) is 0 Å². The smallest absolute Gasteiger partial charge is 0.251 e. The van der Waals surface area contributed by atoms with Gasteiger partial charge < -0.3 is 4.98 Å². The van der Waals surface area contributed by atoms with Crippen LogP contribution in [0.5, 0.6) is 0 Å². The molecule has 18 heavy (non-hydrogen) atoms. The molecular weight excluding hydrogens is 226 g/mol. The minimum Gasteiger partial charge on any atom is -0.306 e. The Kier molecular flexibility index (Phi) is 3.55. The summed E-state index contributed by atoms with van der Waals surface area (Å²) in [5, 5.41) is 0. The van der Waals surface area contributed by atoms with Crippen molar-refractivity contribution in [2.75, 3.05) is 0 Å². The van der Waals surface area contributed by atoms with E-state index < -0.39 is 0 Å². The maximum atomic E-state index is 11.7. The SMILES string of the molecule is Cc1ccncc1-c1nc(CC(C)C)cc(=O)[nH]1. The second kappa shape index (κ2) is 5.12. The molecule has 0 saturated carbocycles. The lowest BCUT2D eigenvalue weighted by Gasteiger charge is -2.07. The second-order valence-corrected chi connectivity index (χ2v) is 4.87. The van der Waals surface area contributed by atoms with Crippen molar-refractivity contribution < 1.29 is 0 Å². The second-order valence-electron chi connectivity index (χ2n) is 4.87. The normalized spacial score (nSPS) is 10.9. The van der Waals surface area contributed by atoms with Crippen LogP contribution in [0, 0.1) is 12.8 Å². The van der Waals surface area contributed by atoms with Gasteiger partial charge in [-0.2, -0.15) is 0 Å². The molecule has 0 radical (unpaired) electrons. The molecule has 2 rings (SSSR count). The third-order valence-corrected chi connectivity index (χ3v) is 2.71. The molecule has 0 unspecified atom stereocenters. The number of hydrogen-bond donors (Lipinski definition) is 1. The van der Waals surface area contributed by atoms with Gasteiger partial charge in [0.25, 0.3) is 5.56 Å². The van der Waals surface area contributed by atoms with Crippen molar-refractivity contribution in [1.29, 1.82) is 0 Å². The largest absolute Gasteiger partial charge is 0.306 e. The van der Waals surface area contributed by atoms with Gasteiger partial charge in [0, 0.05) is 29.7 Å². The van der Waals surface area contributed by atoms with Gasteiger partial charge in [0.15, 0.2) is 0 Å². The zero-order valence-electron chi connectivity index (χ0n) is 10.9. The van der Waals surface area contributed by atoms with E-state index in [4.69, 9.17) is 0 Å². The van der Waals surface area contributed by atoms with Gasteiger partial charge in [-0.25, -0.2) is 4.98 Å². The van der Waals surface area contributed by atoms with E-state index in [1.165, 1.54) is 0 Å². The number of pyridine rings is 1. The summed E-state index contributed by atoms with van der Waals surface area (Å²) >= 11 is 0. The van der Waals surface area contributed by atoms with E-state index in [-0.39, 0.29) is 5.56 Å². The molecule has 0 fully saturated rings. The molecule has 0 aromatic carbocycles. The Morgan fingerprint density at radius 1 is 1.39 bits per heavy atom. The summed E-state index contributed by atoms with van der Waals surface area (Å²) in [6.45, 7) is 6.20. The summed E-state index contributed by atoms with van der Waals surface area (Å²) in [5.41, 5.74) is 2.64. The summed E-state index contributed by atoms with van der Waals surface area (Å²) in [5.74, 6) is 1.07. The van der Waals surface area contributed by atoms with Gasteiger partial charge in [-0.05, 0) is 30.9 Å². The summed E-state index contributed by atoms with van der Waals surface area (Å²) < 4.78 is 0. The van der Waals surface area contributed by atoms with Crippen LogP contribution in [0.1, 0.15) is 25.1 Å². The molecule has 2 aromatic heterocycles. The highest BCUT2D eigenvalue weighted by Crippen LogP contribution is 2.17. The van der Waals surface area contributed by atoms with Crippen molar-refractivity contribution in [3.63, 3.8) is 0 Å². The highest BCUT2D eigenvalue weighted by Gasteiger charge is 2.07. The third-order valence-electron chi connectivity index (χ3n) is 2.71. The molecule has 0 aliphatic carbocycles. The Labute approximate surface area is 106 Å². The van der Waals surface area contributed by atoms with E-state index in [0.717, 1.165) is 23.2 Å². The fourth-order valence-corrected chi connectivity index (χ4v) is 1.87. The van der Waals surface area contributed by atoms with E-state index in [1.807, 2.05) is 13.0 Å². The Bertz CT molecular complexity index is 602. The van der Waals surface area contributed by atoms with E-state index in [1.54, 1.807) is 18.5 Å². The molecule has 0 amide bonds. The molecule has 0 aliphatic rings. The number of nitrogens with one attached hydrogen (secondary N) is 1. The van der Waals surface area contributed by atoms with Gasteiger partial charge in [0.2, 0.25) is 0 Å². The molecule has 0 atom stereocenters. The average Bonchev–Trinajstić information content (AvgIpc) is 2.27. The van der Waals surface area contributed by atoms with Gasteiger partial charge >= 0.3 is 0 Å². The van der Waals surface area contributed by atoms with Crippen LogP contribution in [0.15, 0.2) is 29.3 Å². The molecule has 94 valence electrons. The van der Waals surface area contributed by atoms with Crippen LogP contribution in [0.3, 0.4) is 0 Å². The molecule has 2 heterocycles. The van der Waals surface area contributed by atoms with Crippen molar-refractivity contribution in [2.45, 2.75) is 27.2 Å². The topological polar surface area (TPSA) is 58.6 Å². The zero-order chi connectivity index (χ0) is 13.1. The molecule has 4 nitrogen and oxygen atoms in total. The first-order valence-corrected chi connectivity index (χ1v) is 6.07. The van der Waals surface area contributed by atoms with Gasteiger partial charge in [0.1, 0.15) is 5.82 Å². The minimum atomic E-state index is -0.112. The maximum Gasteiger partial charge on any atom is 0.251 e. The van der Waals surface area contributed by atoms with Crippen molar-refractivity contribution in [2.24, 2.45) is 5.92 Å². The van der Waals surface area contributed by atoms with Crippen LogP contribution < -0.4 is 5.56 Å². The number of hydrogen-bond acceptors (Lipinski definition) is 3. The van der Waals surface area contributed by atoms with Crippen LogP contribution in [0.2, 0.25) is 0 Å². The van der Waals surface area contributed by atoms with Crippen molar-refractivity contribution in [3.8, 4) is 11.4 Å². The number of nitrogens with zero attached hydrogens (tertiary/aromatic N) is 2. The first kappa shape index (κ1) is 12.5. The van der Waals surface area contributed by atoms with Crippen molar-refractivity contribution in [1.82, 2.24) is 15.0 Å². The van der Waals surface area contributed by atoms with E-state index in [9.17, 15) is 4.79 Å². The lowest BCUT2D eigenvalue weighted by atomic mass is 10.1. The molecule has 0 aliphatic heterocycles. The lowest BCUT2D eigenvalue weighted by Crippen LogP contribution is -2.12. The van der Waals surface area contributed by atoms with E-state index in [0.29, 0.717) is 11.7 Å². The zero-order valence-corrected chi connectivity index (χ0v) is 10.9. The Morgan fingerprint density at radius 3 is 2.83 bits per heavy atom. The van der Waals surface area contributed by atoms with Gasteiger partial charge in [-0.3, -0.25) is 9.78 Å². The van der Waals surface area contributed by atoms with E-state index in [2.05, 4.69) is 28.8 Å². The quantitative estimate of drug-likeness (QED) is 0.900. The van der Waals surface area contributed by atoms with Crippen LogP contribution >= 0.6 is 0 Å². The first-order valence-electron chi connectivity index (χ1n) is 6.07. The average molecular weight is 243 g/mol. The third kappa shape index (κ3) is 2.83. The van der Waals surface area contributed by atoms with Crippen molar-refractivity contribution >= 4 is 0 Å². The molecule has 2 aromatic rings.